The summed E-state index contributed by atoms with van der Waals surface area (Å²) in [6.07, 6.45) is 21.2. The van der Waals surface area contributed by atoms with Crippen molar-refractivity contribution in [2.75, 3.05) is 0 Å². The molecular formula is C24H16. The minimum absolute atomic E-state index is 0.112. The van der Waals surface area contributed by atoms with Gasteiger partial charge in [-0.05, 0) is 32.0 Å². The van der Waals surface area contributed by atoms with Crippen molar-refractivity contribution in [2.24, 2.45) is 10.8 Å². The van der Waals surface area contributed by atoms with E-state index in [1.165, 1.54) is 32.0 Å². The summed E-state index contributed by atoms with van der Waals surface area (Å²) in [4.78, 5) is 0. The number of fused-ring (bicyclic) bond motifs is 1. The average Bonchev–Trinajstić information content (AvgIpc) is 2.63. The molecule has 0 saturated carbocycles. The maximum Gasteiger partial charge on any atom is 0.0491 e. The van der Waals surface area contributed by atoms with Gasteiger partial charge < -0.3 is 0 Å². The smallest absolute Gasteiger partial charge is 0.0491 e. The standard InChI is InChI=1S/C24H16/c1-2-7-19-15-24-12-4-3-10-22(24)20-9-5-8-17-11-13-23(24,16-21(17)20)14-18(19)6-1/h1-16H. The number of rotatable bonds is 0. The molecule has 2 aromatic rings. The first-order valence-corrected chi connectivity index (χ1v) is 8.54. The first-order valence-electron chi connectivity index (χ1n) is 8.54. The lowest BCUT2D eigenvalue weighted by Gasteiger charge is -2.49. The first-order chi connectivity index (χ1) is 11.8. The topological polar surface area (TPSA) is 0 Å². The first kappa shape index (κ1) is 12.5. The van der Waals surface area contributed by atoms with E-state index in [0.717, 1.165) is 0 Å². The molecule has 4 aliphatic carbocycles. The lowest BCUT2D eigenvalue weighted by molar-refractivity contribution is 0.491. The molecule has 2 bridgehead atoms. The van der Waals surface area contributed by atoms with E-state index in [2.05, 4.69) is 97.1 Å². The molecule has 0 N–H and O–H groups in total. The maximum absolute atomic E-state index is 2.48. The van der Waals surface area contributed by atoms with Crippen molar-refractivity contribution >= 4 is 29.9 Å². The van der Waals surface area contributed by atoms with Crippen molar-refractivity contribution in [1.29, 1.82) is 0 Å². The highest BCUT2D eigenvalue weighted by molar-refractivity contribution is 5.89. The largest absolute Gasteiger partial charge is 0.0687 e. The second-order valence-electron chi connectivity index (χ2n) is 7.14. The Morgan fingerprint density at radius 2 is 1.54 bits per heavy atom. The van der Waals surface area contributed by atoms with Gasteiger partial charge in [0.05, 0.1) is 0 Å². The van der Waals surface area contributed by atoms with Gasteiger partial charge in [0.1, 0.15) is 0 Å². The van der Waals surface area contributed by atoms with Crippen LogP contribution in [0.3, 0.4) is 0 Å². The molecule has 0 heteroatoms. The molecule has 24 heavy (non-hydrogen) atoms. The van der Waals surface area contributed by atoms with Gasteiger partial charge >= 0.3 is 0 Å². The summed E-state index contributed by atoms with van der Waals surface area (Å²) in [6, 6.07) is 15.4. The highest BCUT2D eigenvalue weighted by atomic mass is 14.5. The molecular weight excluding hydrogens is 288 g/mol. The molecule has 2 spiro atoms. The zero-order valence-corrected chi connectivity index (χ0v) is 13.2. The Hall–Kier alpha value is -2.86. The normalized spacial score (nSPS) is 29.6. The van der Waals surface area contributed by atoms with Crippen molar-refractivity contribution < 1.29 is 0 Å². The van der Waals surface area contributed by atoms with E-state index < -0.39 is 0 Å². The van der Waals surface area contributed by atoms with Crippen molar-refractivity contribution in [2.45, 2.75) is 0 Å². The lowest BCUT2D eigenvalue weighted by atomic mass is 9.53. The van der Waals surface area contributed by atoms with E-state index >= 15 is 0 Å². The Bertz CT molecular complexity index is 1250. The molecule has 0 nitrogen and oxygen atoms in total. The summed E-state index contributed by atoms with van der Waals surface area (Å²) in [7, 11) is 0. The van der Waals surface area contributed by atoms with Crippen LogP contribution in [0.1, 0.15) is 5.56 Å². The third-order valence-electron chi connectivity index (χ3n) is 6.02. The molecule has 112 valence electrons. The molecule has 0 heterocycles. The number of hydrogen-bond donors (Lipinski definition) is 0. The second-order valence-corrected chi connectivity index (χ2v) is 7.14. The summed E-state index contributed by atoms with van der Waals surface area (Å²) in [5.41, 5.74) is 2.51. The van der Waals surface area contributed by atoms with Crippen molar-refractivity contribution in [1.82, 2.24) is 0 Å². The van der Waals surface area contributed by atoms with Crippen molar-refractivity contribution in [3.63, 3.8) is 0 Å². The summed E-state index contributed by atoms with van der Waals surface area (Å²) >= 11 is 0. The van der Waals surface area contributed by atoms with Gasteiger partial charge in [-0.3, -0.25) is 0 Å². The summed E-state index contributed by atoms with van der Waals surface area (Å²) in [5, 5.41) is 5.41. The van der Waals surface area contributed by atoms with Gasteiger partial charge in [0.25, 0.3) is 0 Å². The van der Waals surface area contributed by atoms with Gasteiger partial charge in [-0.1, -0.05) is 97.1 Å². The minimum atomic E-state index is -0.126. The quantitative estimate of drug-likeness (QED) is 0.699. The van der Waals surface area contributed by atoms with Crippen LogP contribution >= 0.6 is 0 Å². The Kier molecular flexibility index (Phi) is 2.07. The number of benzene rings is 2. The molecule has 0 fully saturated rings. The third kappa shape index (κ3) is 1.28. The van der Waals surface area contributed by atoms with Gasteiger partial charge in [0.2, 0.25) is 0 Å². The molecule has 0 radical (unpaired) electrons. The van der Waals surface area contributed by atoms with Crippen LogP contribution in [0.25, 0.3) is 29.9 Å². The predicted molar refractivity (Wildman–Crippen MR) is 100 cm³/mol. The van der Waals surface area contributed by atoms with E-state index in [-0.39, 0.29) is 10.8 Å². The Morgan fingerprint density at radius 3 is 2.46 bits per heavy atom. The number of hydrogen-bond acceptors (Lipinski definition) is 0. The SMILES string of the molecule is C1=CC2=c3cccc4c3=CC3(C=C4)C=c4ccccc4=CC23C=C1. The molecule has 0 amide bonds. The molecule has 0 aromatic heterocycles. The van der Waals surface area contributed by atoms with E-state index in [4.69, 9.17) is 0 Å². The predicted octanol–water partition coefficient (Wildman–Crippen LogP) is 2.03. The van der Waals surface area contributed by atoms with Gasteiger partial charge in [-0.15, -0.1) is 0 Å². The fourth-order valence-electron chi connectivity index (χ4n) is 4.91. The van der Waals surface area contributed by atoms with Crippen molar-refractivity contribution in [3.05, 3.63) is 99.3 Å². The van der Waals surface area contributed by atoms with E-state index in [1.807, 2.05) is 0 Å². The lowest BCUT2D eigenvalue weighted by Crippen LogP contribution is -2.53. The Balaban J connectivity index is 1.92. The van der Waals surface area contributed by atoms with E-state index in [9.17, 15) is 0 Å². The third-order valence-corrected chi connectivity index (χ3v) is 6.02. The number of allylic oxidation sites excluding steroid dienone is 5. The van der Waals surface area contributed by atoms with Crippen LogP contribution in [0.15, 0.2) is 72.8 Å². The minimum Gasteiger partial charge on any atom is -0.0687 e. The van der Waals surface area contributed by atoms with E-state index in [0.29, 0.717) is 0 Å². The van der Waals surface area contributed by atoms with Crippen LogP contribution in [-0.4, -0.2) is 0 Å². The molecule has 2 atom stereocenters. The van der Waals surface area contributed by atoms with Crippen molar-refractivity contribution in [3.8, 4) is 0 Å². The molecule has 2 unspecified atom stereocenters. The van der Waals surface area contributed by atoms with E-state index in [1.54, 1.807) is 0 Å². The Morgan fingerprint density at radius 1 is 0.667 bits per heavy atom. The molecule has 6 rings (SSSR count). The van der Waals surface area contributed by atoms with Crippen LogP contribution in [-0.2, 0) is 0 Å². The summed E-state index contributed by atoms with van der Waals surface area (Å²) in [6.45, 7) is 0. The molecule has 2 aromatic carbocycles. The molecule has 0 aliphatic heterocycles. The highest BCUT2D eigenvalue weighted by Crippen LogP contribution is 2.56. The van der Waals surface area contributed by atoms with Crippen LogP contribution in [0.2, 0.25) is 0 Å². The Labute approximate surface area is 140 Å². The fourth-order valence-corrected chi connectivity index (χ4v) is 4.91. The van der Waals surface area contributed by atoms with Crippen LogP contribution in [0.4, 0.5) is 0 Å². The van der Waals surface area contributed by atoms with Gasteiger partial charge in [-0.2, -0.15) is 0 Å². The fraction of sp³-hybridized carbons (Fsp3) is 0.0833. The highest BCUT2D eigenvalue weighted by Gasteiger charge is 2.50. The van der Waals surface area contributed by atoms with Crippen LogP contribution in [0, 0.1) is 10.8 Å². The zero-order valence-electron chi connectivity index (χ0n) is 13.2. The zero-order chi connectivity index (χ0) is 15.8. The molecule has 4 aliphatic rings. The van der Waals surface area contributed by atoms with Crippen LogP contribution < -0.4 is 20.9 Å². The molecule has 0 saturated heterocycles. The maximum atomic E-state index is 2.48. The summed E-state index contributed by atoms with van der Waals surface area (Å²) in [5.74, 6) is 0. The second kappa shape index (κ2) is 3.96. The average molecular weight is 304 g/mol. The summed E-state index contributed by atoms with van der Waals surface area (Å²) < 4.78 is 0. The van der Waals surface area contributed by atoms with Crippen LogP contribution in [0.5, 0.6) is 0 Å². The van der Waals surface area contributed by atoms with Gasteiger partial charge in [0.15, 0.2) is 0 Å². The van der Waals surface area contributed by atoms with Gasteiger partial charge in [-0.25, -0.2) is 0 Å². The monoisotopic (exact) mass is 304 g/mol. The van der Waals surface area contributed by atoms with Gasteiger partial charge in [0, 0.05) is 10.8 Å².